The Morgan fingerprint density at radius 2 is 0.935 bits per heavy atom. The number of rotatable bonds is 6. The van der Waals surface area contributed by atoms with E-state index in [-0.39, 0.29) is 0 Å². The summed E-state index contributed by atoms with van der Waals surface area (Å²) in [6.07, 6.45) is 0. The van der Waals surface area contributed by atoms with Crippen molar-refractivity contribution in [2.45, 2.75) is 0 Å². The summed E-state index contributed by atoms with van der Waals surface area (Å²) < 4.78 is 15.6. The van der Waals surface area contributed by atoms with Crippen molar-refractivity contribution in [2.24, 2.45) is 0 Å². The standard InChI is InChI=1S/C58H36N2O2/c1-3-12-38(13-4-1)46-19-11-20-52-50-33-29-44(36-56(50)62-58(46)52)59(43-28-32-49-48-18-9-10-21-54(48)61-55(49)35-43)42-26-22-37(23-27-42)40-25-30-47-51-31-24-39-14-7-8-17-45(39)57(51)60(53(47)34-40)41-15-5-2-6-16-41/h1-36H. The van der Waals surface area contributed by atoms with E-state index < -0.39 is 0 Å². The van der Waals surface area contributed by atoms with Crippen LogP contribution in [-0.4, -0.2) is 4.57 Å². The SMILES string of the molecule is c1ccc(-c2cccc3c2oc2cc(N(c4ccc(-c5ccc6c7ccc8ccccc8c7n(-c7ccccc7)c6c5)cc4)c4ccc5c(c4)oc4ccccc45)ccc23)cc1. The summed E-state index contributed by atoms with van der Waals surface area (Å²) in [4.78, 5) is 2.29. The number of nitrogens with zero attached hydrogens (tertiary/aromatic N) is 2. The monoisotopic (exact) mass is 792 g/mol. The average Bonchev–Trinajstić information content (AvgIpc) is 4.01. The molecule has 0 fully saturated rings. The molecule has 4 nitrogen and oxygen atoms in total. The van der Waals surface area contributed by atoms with Gasteiger partial charge in [0.05, 0.1) is 11.0 Å². The molecular formula is C58H36N2O2. The highest BCUT2D eigenvalue weighted by atomic mass is 16.3. The van der Waals surface area contributed by atoms with E-state index in [0.717, 1.165) is 88.9 Å². The van der Waals surface area contributed by atoms with E-state index in [9.17, 15) is 0 Å². The van der Waals surface area contributed by atoms with E-state index in [1.165, 1.54) is 32.6 Å². The minimum Gasteiger partial charge on any atom is -0.456 e. The van der Waals surface area contributed by atoms with Gasteiger partial charge in [0.25, 0.3) is 0 Å². The van der Waals surface area contributed by atoms with Crippen LogP contribution in [0.1, 0.15) is 0 Å². The zero-order chi connectivity index (χ0) is 40.7. The Bertz CT molecular complexity index is 3860. The third-order valence-electron chi connectivity index (χ3n) is 12.6. The Morgan fingerprint density at radius 1 is 0.339 bits per heavy atom. The van der Waals surface area contributed by atoms with Crippen LogP contribution in [0.15, 0.2) is 227 Å². The average molecular weight is 793 g/mol. The van der Waals surface area contributed by atoms with Crippen LogP contribution in [0.4, 0.5) is 17.1 Å². The Labute approximate surface area is 356 Å². The molecule has 290 valence electrons. The van der Waals surface area contributed by atoms with Crippen LogP contribution >= 0.6 is 0 Å². The van der Waals surface area contributed by atoms with Gasteiger partial charge in [-0.05, 0) is 82.7 Å². The van der Waals surface area contributed by atoms with Gasteiger partial charge in [0.1, 0.15) is 22.3 Å². The van der Waals surface area contributed by atoms with E-state index >= 15 is 0 Å². The van der Waals surface area contributed by atoms with Crippen LogP contribution in [0.5, 0.6) is 0 Å². The van der Waals surface area contributed by atoms with Gasteiger partial charge < -0.3 is 18.3 Å². The molecule has 13 aromatic rings. The normalized spacial score (nSPS) is 11.9. The molecule has 13 rings (SSSR count). The van der Waals surface area contributed by atoms with E-state index in [1.807, 2.05) is 18.2 Å². The van der Waals surface area contributed by atoms with Gasteiger partial charge in [0.2, 0.25) is 0 Å². The number of para-hydroxylation sites is 3. The van der Waals surface area contributed by atoms with Gasteiger partial charge in [-0.25, -0.2) is 0 Å². The molecule has 3 aromatic heterocycles. The summed E-state index contributed by atoms with van der Waals surface area (Å²) in [7, 11) is 0. The number of anilines is 3. The van der Waals surface area contributed by atoms with Crippen molar-refractivity contribution in [2.75, 3.05) is 4.90 Å². The van der Waals surface area contributed by atoms with Crippen LogP contribution < -0.4 is 4.90 Å². The first-order chi connectivity index (χ1) is 30.7. The molecule has 0 aliphatic rings. The Kier molecular flexibility index (Phi) is 7.57. The predicted octanol–water partition coefficient (Wildman–Crippen LogP) is 16.5. The van der Waals surface area contributed by atoms with E-state index in [0.29, 0.717) is 0 Å². The van der Waals surface area contributed by atoms with Gasteiger partial charge in [0.15, 0.2) is 0 Å². The molecule has 0 radical (unpaired) electrons. The highest BCUT2D eigenvalue weighted by Crippen LogP contribution is 2.44. The fraction of sp³-hybridized carbons (Fsp3) is 0. The van der Waals surface area contributed by atoms with Crippen molar-refractivity contribution in [3.8, 4) is 27.9 Å². The topological polar surface area (TPSA) is 34.5 Å². The maximum atomic E-state index is 6.76. The molecule has 0 saturated carbocycles. The number of aromatic nitrogens is 1. The van der Waals surface area contributed by atoms with Crippen molar-refractivity contribution in [1.29, 1.82) is 0 Å². The molecule has 0 amide bonds. The van der Waals surface area contributed by atoms with Gasteiger partial charge in [0, 0.05) is 78.1 Å². The van der Waals surface area contributed by atoms with Gasteiger partial charge >= 0.3 is 0 Å². The first-order valence-corrected chi connectivity index (χ1v) is 21.1. The highest BCUT2D eigenvalue weighted by molar-refractivity contribution is 6.19. The van der Waals surface area contributed by atoms with Gasteiger partial charge in [-0.15, -0.1) is 0 Å². The molecule has 0 spiro atoms. The molecule has 0 unspecified atom stereocenters. The molecule has 62 heavy (non-hydrogen) atoms. The van der Waals surface area contributed by atoms with Gasteiger partial charge in [-0.1, -0.05) is 146 Å². The third-order valence-corrected chi connectivity index (χ3v) is 12.6. The Hall–Kier alpha value is -8.34. The summed E-state index contributed by atoms with van der Waals surface area (Å²) in [5.74, 6) is 0. The summed E-state index contributed by atoms with van der Waals surface area (Å²) in [6, 6.07) is 77.9. The Morgan fingerprint density at radius 3 is 1.74 bits per heavy atom. The number of furan rings is 2. The van der Waals surface area contributed by atoms with E-state index in [1.54, 1.807) is 0 Å². The van der Waals surface area contributed by atoms with Crippen LogP contribution in [0.25, 0.3) is 104 Å². The summed E-state index contributed by atoms with van der Waals surface area (Å²) >= 11 is 0. The first-order valence-electron chi connectivity index (χ1n) is 21.1. The number of hydrogen-bond donors (Lipinski definition) is 0. The quantitative estimate of drug-likeness (QED) is 0.168. The van der Waals surface area contributed by atoms with Crippen molar-refractivity contribution in [3.63, 3.8) is 0 Å². The smallest absolute Gasteiger partial charge is 0.143 e. The molecule has 0 N–H and O–H groups in total. The summed E-state index contributed by atoms with van der Waals surface area (Å²) in [6.45, 7) is 0. The lowest BCUT2D eigenvalue weighted by atomic mass is 10.0. The molecule has 0 bridgehead atoms. The van der Waals surface area contributed by atoms with Crippen molar-refractivity contribution < 1.29 is 8.83 Å². The lowest BCUT2D eigenvalue weighted by Gasteiger charge is -2.25. The third kappa shape index (κ3) is 5.33. The molecule has 10 aromatic carbocycles. The van der Waals surface area contributed by atoms with Gasteiger partial charge in [-0.2, -0.15) is 0 Å². The maximum Gasteiger partial charge on any atom is 0.143 e. The van der Waals surface area contributed by atoms with Crippen LogP contribution in [0, 0.1) is 0 Å². The molecule has 0 aliphatic carbocycles. The Balaban J connectivity index is 0.961. The predicted molar refractivity (Wildman–Crippen MR) is 258 cm³/mol. The molecule has 4 heteroatoms. The van der Waals surface area contributed by atoms with E-state index in [2.05, 4.69) is 210 Å². The molecule has 0 saturated heterocycles. The van der Waals surface area contributed by atoms with Crippen LogP contribution in [-0.2, 0) is 0 Å². The summed E-state index contributed by atoms with van der Waals surface area (Å²) in [5, 5.41) is 9.35. The lowest BCUT2D eigenvalue weighted by Crippen LogP contribution is -2.09. The second-order valence-electron chi connectivity index (χ2n) is 16.1. The molecule has 0 atom stereocenters. The zero-order valence-corrected chi connectivity index (χ0v) is 33.5. The number of fused-ring (bicyclic) bond motifs is 11. The maximum absolute atomic E-state index is 6.76. The van der Waals surface area contributed by atoms with Crippen LogP contribution in [0.2, 0.25) is 0 Å². The van der Waals surface area contributed by atoms with Crippen molar-refractivity contribution in [3.05, 3.63) is 218 Å². The second kappa shape index (κ2) is 13.6. The molecular weight excluding hydrogens is 757 g/mol. The van der Waals surface area contributed by atoms with Crippen LogP contribution in [0.3, 0.4) is 0 Å². The fourth-order valence-corrected chi connectivity index (χ4v) is 9.68. The van der Waals surface area contributed by atoms with Crippen molar-refractivity contribution in [1.82, 2.24) is 4.57 Å². The molecule has 3 heterocycles. The van der Waals surface area contributed by atoms with Crippen molar-refractivity contribution >= 4 is 93.5 Å². The minimum atomic E-state index is 0.835. The number of hydrogen-bond acceptors (Lipinski definition) is 3. The molecule has 0 aliphatic heterocycles. The minimum absolute atomic E-state index is 0.835. The number of benzene rings is 10. The highest BCUT2D eigenvalue weighted by Gasteiger charge is 2.20. The first kappa shape index (κ1) is 34.5. The second-order valence-corrected chi connectivity index (χ2v) is 16.1. The summed E-state index contributed by atoms with van der Waals surface area (Å²) in [5.41, 5.74) is 14.5. The van der Waals surface area contributed by atoms with E-state index in [4.69, 9.17) is 8.83 Å². The van der Waals surface area contributed by atoms with Gasteiger partial charge in [-0.3, -0.25) is 0 Å². The lowest BCUT2D eigenvalue weighted by molar-refractivity contribution is 0.669. The fourth-order valence-electron chi connectivity index (χ4n) is 9.68. The zero-order valence-electron chi connectivity index (χ0n) is 33.5. The largest absolute Gasteiger partial charge is 0.456 e.